The van der Waals surface area contributed by atoms with E-state index in [1.54, 1.807) is 0 Å². The Bertz CT molecular complexity index is 495. The molecule has 2 heterocycles. The summed E-state index contributed by atoms with van der Waals surface area (Å²) in [5.74, 6) is 1.72. The van der Waals surface area contributed by atoms with Gasteiger partial charge in [-0.05, 0) is 33.8 Å². The molecule has 2 rings (SSSR count). The number of urea groups is 1. The van der Waals surface area contributed by atoms with Crippen LogP contribution in [0, 0.1) is 13.8 Å². The van der Waals surface area contributed by atoms with Gasteiger partial charge < -0.3 is 19.8 Å². The molecular formula is C16H27N3O3. The summed E-state index contributed by atoms with van der Waals surface area (Å²) < 4.78 is 10.8. The van der Waals surface area contributed by atoms with Gasteiger partial charge in [-0.2, -0.15) is 0 Å². The van der Waals surface area contributed by atoms with Gasteiger partial charge in [0.05, 0.1) is 19.3 Å². The van der Waals surface area contributed by atoms with Crippen molar-refractivity contribution in [1.82, 2.24) is 15.5 Å². The van der Waals surface area contributed by atoms with E-state index < -0.39 is 0 Å². The zero-order valence-corrected chi connectivity index (χ0v) is 13.9. The third kappa shape index (κ3) is 4.48. The Morgan fingerprint density at radius 3 is 2.59 bits per heavy atom. The van der Waals surface area contributed by atoms with Gasteiger partial charge in [-0.15, -0.1) is 0 Å². The Labute approximate surface area is 132 Å². The van der Waals surface area contributed by atoms with Crippen LogP contribution in [0.2, 0.25) is 0 Å². The van der Waals surface area contributed by atoms with Crippen molar-refractivity contribution in [3.8, 4) is 0 Å². The molecule has 1 fully saturated rings. The van der Waals surface area contributed by atoms with E-state index >= 15 is 0 Å². The van der Waals surface area contributed by atoms with Gasteiger partial charge in [0, 0.05) is 31.2 Å². The molecule has 1 aromatic rings. The van der Waals surface area contributed by atoms with Crippen LogP contribution in [-0.2, 0) is 4.74 Å². The number of furan rings is 1. The van der Waals surface area contributed by atoms with E-state index in [1.807, 2.05) is 26.8 Å². The number of hydrogen-bond donors (Lipinski definition) is 2. The zero-order chi connectivity index (χ0) is 16.1. The third-order valence-corrected chi connectivity index (χ3v) is 4.12. The fourth-order valence-electron chi connectivity index (χ4n) is 2.79. The first-order valence-electron chi connectivity index (χ1n) is 7.90. The topological polar surface area (TPSA) is 66.7 Å². The molecule has 6 nitrogen and oxygen atoms in total. The van der Waals surface area contributed by atoms with Crippen LogP contribution in [-0.4, -0.2) is 49.8 Å². The highest BCUT2D eigenvalue weighted by atomic mass is 16.5. The van der Waals surface area contributed by atoms with E-state index in [1.165, 1.54) is 0 Å². The smallest absolute Gasteiger partial charge is 0.315 e. The van der Waals surface area contributed by atoms with Crippen molar-refractivity contribution in [2.75, 3.05) is 32.8 Å². The van der Waals surface area contributed by atoms with E-state index in [2.05, 4.69) is 22.5 Å². The fraction of sp³-hybridized carbons (Fsp3) is 0.688. The van der Waals surface area contributed by atoms with Crippen molar-refractivity contribution in [2.45, 2.75) is 39.8 Å². The standard InChI is InChI=1S/C16H27N3O3/c1-11(19-5-7-21-8-6-19)10-17-16(20)18-13(3)15-9-12(2)22-14(15)4/h9,11,13H,5-8,10H2,1-4H3,(H2,17,18,20). The third-order valence-electron chi connectivity index (χ3n) is 4.12. The van der Waals surface area contributed by atoms with E-state index in [-0.39, 0.29) is 12.1 Å². The number of nitrogens with one attached hydrogen (secondary N) is 2. The summed E-state index contributed by atoms with van der Waals surface area (Å²) in [4.78, 5) is 14.4. The molecule has 1 aliphatic rings. The average molecular weight is 309 g/mol. The Kier molecular flexibility index (Phi) is 5.85. The second-order valence-corrected chi connectivity index (χ2v) is 5.94. The minimum absolute atomic E-state index is 0.0730. The number of rotatable bonds is 5. The lowest BCUT2D eigenvalue weighted by molar-refractivity contribution is 0.0209. The second-order valence-electron chi connectivity index (χ2n) is 5.94. The van der Waals surface area contributed by atoms with Crippen LogP contribution in [0.15, 0.2) is 10.5 Å². The Balaban J connectivity index is 1.76. The molecule has 6 heteroatoms. The Morgan fingerprint density at radius 1 is 1.32 bits per heavy atom. The molecule has 2 unspecified atom stereocenters. The molecule has 0 saturated carbocycles. The average Bonchev–Trinajstić information content (AvgIpc) is 2.84. The molecule has 0 bridgehead atoms. The SMILES string of the molecule is Cc1cc(C(C)NC(=O)NCC(C)N2CCOCC2)c(C)o1. The monoisotopic (exact) mass is 309 g/mol. The number of nitrogens with zero attached hydrogens (tertiary/aromatic N) is 1. The van der Waals surface area contributed by atoms with Crippen LogP contribution in [0.1, 0.15) is 37.0 Å². The number of hydrogen-bond acceptors (Lipinski definition) is 4. The second kappa shape index (κ2) is 7.65. The predicted octanol–water partition coefficient (Wildman–Crippen LogP) is 1.98. The molecule has 2 atom stereocenters. The van der Waals surface area contributed by atoms with Gasteiger partial charge in [0.15, 0.2) is 0 Å². The highest BCUT2D eigenvalue weighted by Crippen LogP contribution is 2.20. The molecule has 124 valence electrons. The molecule has 2 N–H and O–H groups in total. The predicted molar refractivity (Wildman–Crippen MR) is 85.0 cm³/mol. The van der Waals surface area contributed by atoms with Gasteiger partial charge in [-0.1, -0.05) is 0 Å². The maximum atomic E-state index is 12.0. The van der Waals surface area contributed by atoms with Gasteiger partial charge in [-0.25, -0.2) is 4.79 Å². The van der Waals surface area contributed by atoms with Crippen LogP contribution >= 0.6 is 0 Å². The van der Waals surface area contributed by atoms with Crippen molar-refractivity contribution >= 4 is 6.03 Å². The summed E-state index contributed by atoms with van der Waals surface area (Å²) in [6.45, 7) is 11.9. The minimum atomic E-state index is -0.147. The molecule has 1 aromatic heterocycles. The summed E-state index contributed by atoms with van der Waals surface area (Å²) in [5.41, 5.74) is 1.02. The van der Waals surface area contributed by atoms with Crippen molar-refractivity contribution in [2.24, 2.45) is 0 Å². The summed E-state index contributed by atoms with van der Waals surface area (Å²) in [5, 5.41) is 5.90. The maximum Gasteiger partial charge on any atom is 0.315 e. The van der Waals surface area contributed by atoms with Crippen LogP contribution in [0.4, 0.5) is 4.79 Å². The lowest BCUT2D eigenvalue weighted by atomic mass is 10.1. The highest BCUT2D eigenvalue weighted by Gasteiger charge is 2.19. The van der Waals surface area contributed by atoms with Gasteiger partial charge in [0.1, 0.15) is 11.5 Å². The molecule has 0 aliphatic carbocycles. The lowest BCUT2D eigenvalue weighted by Gasteiger charge is -2.32. The molecule has 0 spiro atoms. The van der Waals surface area contributed by atoms with Crippen LogP contribution in [0.25, 0.3) is 0 Å². The number of amides is 2. The fourth-order valence-corrected chi connectivity index (χ4v) is 2.79. The summed E-state index contributed by atoms with van der Waals surface area (Å²) >= 11 is 0. The summed E-state index contributed by atoms with van der Waals surface area (Å²) in [6, 6.07) is 2.06. The number of ether oxygens (including phenoxy) is 1. The quantitative estimate of drug-likeness (QED) is 0.873. The van der Waals surface area contributed by atoms with E-state index in [4.69, 9.17) is 9.15 Å². The first kappa shape index (κ1) is 16.8. The van der Waals surface area contributed by atoms with Gasteiger partial charge in [0.25, 0.3) is 0 Å². The van der Waals surface area contributed by atoms with Crippen LogP contribution in [0.3, 0.4) is 0 Å². The van der Waals surface area contributed by atoms with Crippen molar-refractivity contribution < 1.29 is 13.9 Å². The zero-order valence-electron chi connectivity index (χ0n) is 13.9. The lowest BCUT2D eigenvalue weighted by Crippen LogP contribution is -2.49. The number of aryl methyl sites for hydroxylation is 2. The molecule has 0 radical (unpaired) electrons. The minimum Gasteiger partial charge on any atom is -0.466 e. The number of carbonyl (C=O) groups is 1. The van der Waals surface area contributed by atoms with E-state index in [0.29, 0.717) is 12.6 Å². The van der Waals surface area contributed by atoms with Crippen LogP contribution in [0.5, 0.6) is 0 Å². The molecule has 1 saturated heterocycles. The molecule has 1 aliphatic heterocycles. The molecule has 2 amide bonds. The van der Waals surface area contributed by atoms with Gasteiger partial charge in [-0.3, -0.25) is 4.90 Å². The highest BCUT2D eigenvalue weighted by molar-refractivity contribution is 5.74. The normalized spacial score (nSPS) is 18.7. The van der Waals surface area contributed by atoms with E-state index in [0.717, 1.165) is 43.4 Å². The Morgan fingerprint density at radius 2 is 2.00 bits per heavy atom. The number of morpholine rings is 1. The first-order chi connectivity index (χ1) is 10.5. The summed E-state index contributed by atoms with van der Waals surface area (Å²) in [7, 11) is 0. The Hall–Kier alpha value is -1.53. The van der Waals surface area contributed by atoms with Crippen LogP contribution < -0.4 is 10.6 Å². The molecule has 0 aromatic carbocycles. The van der Waals surface area contributed by atoms with Crippen molar-refractivity contribution in [1.29, 1.82) is 0 Å². The van der Waals surface area contributed by atoms with Crippen molar-refractivity contribution in [3.63, 3.8) is 0 Å². The largest absolute Gasteiger partial charge is 0.466 e. The summed E-state index contributed by atoms with van der Waals surface area (Å²) in [6.07, 6.45) is 0. The molecule has 22 heavy (non-hydrogen) atoms. The number of carbonyl (C=O) groups excluding carboxylic acids is 1. The van der Waals surface area contributed by atoms with Crippen molar-refractivity contribution in [3.05, 3.63) is 23.2 Å². The molecular weight excluding hydrogens is 282 g/mol. The maximum absolute atomic E-state index is 12.0. The first-order valence-corrected chi connectivity index (χ1v) is 7.90. The van der Waals surface area contributed by atoms with Gasteiger partial charge in [0.2, 0.25) is 0 Å². The van der Waals surface area contributed by atoms with E-state index in [9.17, 15) is 4.79 Å². The van der Waals surface area contributed by atoms with Gasteiger partial charge >= 0.3 is 6.03 Å².